The number of rotatable bonds is 4. The second-order valence-electron chi connectivity index (χ2n) is 4.21. The van der Waals surface area contributed by atoms with Crippen LogP contribution < -0.4 is 5.73 Å². The minimum absolute atomic E-state index is 0.0402. The van der Waals surface area contributed by atoms with Gasteiger partial charge in [0.05, 0.1) is 17.8 Å². The third-order valence-corrected chi connectivity index (χ3v) is 2.88. The van der Waals surface area contributed by atoms with Crippen molar-refractivity contribution >= 4 is 5.97 Å². The first-order valence-electron chi connectivity index (χ1n) is 5.85. The Morgan fingerprint density at radius 3 is 2.57 bits per heavy atom. The Morgan fingerprint density at radius 2 is 2.00 bits per heavy atom. The van der Waals surface area contributed by atoms with Crippen LogP contribution in [0.1, 0.15) is 27.3 Å². The lowest BCUT2D eigenvalue weighted by Gasteiger charge is -2.13. The Hall–Kier alpha value is -2.42. The van der Waals surface area contributed by atoms with Crippen LogP contribution in [0.25, 0.3) is 0 Å². The summed E-state index contributed by atoms with van der Waals surface area (Å²) < 4.78 is 39.8. The molecule has 3 N–H and O–H groups in total. The molecule has 112 valence electrons. The maximum atomic E-state index is 12.9. The highest BCUT2D eigenvalue weighted by molar-refractivity contribution is 5.86. The van der Waals surface area contributed by atoms with E-state index in [0.29, 0.717) is 0 Å². The zero-order valence-corrected chi connectivity index (χ0v) is 10.6. The summed E-state index contributed by atoms with van der Waals surface area (Å²) in [7, 11) is 0. The number of carboxylic acid groups (broad SMARTS) is 1. The monoisotopic (exact) mass is 300 g/mol. The van der Waals surface area contributed by atoms with Crippen LogP contribution in [0.2, 0.25) is 0 Å². The van der Waals surface area contributed by atoms with Gasteiger partial charge in [0, 0.05) is 6.54 Å². The summed E-state index contributed by atoms with van der Waals surface area (Å²) in [6.45, 7) is -0.453. The summed E-state index contributed by atoms with van der Waals surface area (Å²) >= 11 is 0. The van der Waals surface area contributed by atoms with Gasteiger partial charge < -0.3 is 10.8 Å². The van der Waals surface area contributed by atoms with E-state index in [2.05, 4.69) is 10.3 Å². The molecule has 1 heterocycles. The Bertz CT molecular complexity index is 667. The summed E-state index contributed by atoms with van der Waals surface area (Å²) in [5.41, 5.74) is 4.29. The van der Waals surface area contributed by atoms with Gasteiger partial charge in [0.15, 0.2) is 5.69 Å². The fourth-order valence-electron chi connectivity index (χ4n) is 1.92. The zero-order valence-electron chi connectivity index (χ0n) is 10.6. The Morgan fingerprint density at radius 1 is 1.33 bits per heavy atom. The van der Waals surface area contributed by atoms with E-state index in [1.54, 1.807) is 0 Å². The number of nitrogens with two attached hydrogens (primary N) is 1. The second kappa shape index (κ2) is 5.52. The van der Waals surface area contributed by atoms with Gasteiger partial charge in [-0.15, -0.1) is 5.10 Å². The van der Waals surface area contributed by atoms with Crippen LogP contribution in [0, 0.1) is 0 Å². The minimum atomic E-state index is -4.50. The lowest BCUT2D eigenvalue weighted by atomic mass is 10.1. The van der Waals surface area contributed by atoms with Crippen molar-refractivity contribution < 1.29 is 23.1 Å². The highest BCUT2D eigenvalue weighted by Crippen LogP contribution is 2.32. The zero-order chi connectivity index (χ0) is 15.6. The molecule has 21 heavy (non-hydrogen) atoms. The number of carboxylic acids is 1. The predicted molar refractivity (Wildman–Crippen MR) is 65.4 cm³/mol. The first-order valence-corrected chi connectivity index (χ1v) is 5.85. The van der Waals surface area contributed by atoms with Gasteiger partial charge in [-0.2, -0.15) is 13.2 Å². The Balaban J connectivity index is 2.42. The standard InChI is InChI=1S/C12H11F3N4O2/c13-12(14,15)8-4-2-1-3-7(8)6-19-9(5-16)10(11(20)21)17-18-19/h1-4H,5-6,16H2,(H,20,21). The second-order valence-corrected chi connectivity index (χ2v) is 4.21. The van der Waals surface area contributed by atoms with Crippen molar-refractivity contribution in [2.45, 2.75) is 19.3 Å². The molecule has 0 bridgehead atoms. The molecular weight excluding hydrogens is 289 g/mol. The maximum Gasteiger partial charge on any atom is 0.416 e. The Labute approximate surface area is 117 Å². The number of aromatic carboxylic acids is 1. The summed E-state index contributed by atoms with van der Waals surface area (Å²) in [5.74, 6) is -1.33. The van der Waals surface area contributed by atoms with E-state index in [-0.39, 0.29) is 30.0 Å². The van der Waals surface area contributed by atoms with Crippen LogP contribution in [0.4, 0.5) is 13.2 Å². The van der Waals surface area contributed by atoms with Crippen LogP contribution in [-0.4, -0.2) is 26.1 Å². The van der Waals surface area contributed by atoms with E-state index in [1.165, 1.54) is 18.2 Å². The summed E-state index contributed by atoms with van der Waals surface area (Å²) in [4.78, 5) is 10.9. The van der Waals surface area contributed by atoms with Crippen LogP contribution in [0.5, 0.6) is 0 Å². The number of aromatic nitrogens is 3. The molecule has 0 radical (unpaired) electrons. The highest BCUT2D eigenvalue weighted by atomic mass is 19.4. The van der Waals surface area contributed by atoms with Crippen molar-refractivity contribution in [1.82, 2.24) is 15.0 Å². The molecule has 0 saturated heterocycles. The van der Waals surface area contributed by atoms with Crippen molar-refractivity contribution in [3.8, 4) is 0 Å². The number of benzene rings is 1. The van der Waals surface area contributed by atoms with E-state index in [0.717, 1.165) is 10.7 Å². The lowest BCUT2D eigenvalue weighted by Crippen LogP contribution is -2.16. The molecule has 0 amide bonds. The van der Waals surface area contributed by atoms with Crippen molar-refractivity contribution in [1.29, 1.82) is 0 Å². The normalized spacial score (nSPS) is 11.6. The molecule has 2 rings (SSSR count). The van der Waals surface area contributed by atoms with Crippen LogP contribution in [0.15, 0.2) is 24.3 Å². The number of hydrogen-bond acceptors (Lipinski definition) is 4. The van der Waals surface area contributed by atoms with Gasteiger partial charge in [0.2, 0.25) is 0 Å². The summed E-state index contributed by atoms with van der Waals surface area (Å²) in [6, 6.07) is 4.99. The molecule has 1 aromatic carbocycles. The molecular formula is C12H11F3N4O2. The number of nitrogens with zero attached hydrogens (tertiary/aromatic N) is 3. The number of carbonyl (C=O) groups is 1. The minimum Gasteiger partial charge on any atom is -0.476 e. The van der Waals surface area contributed by atoms with E-state index in [1.807, 2.05) is 0 Å². The average molecular weight is 300 g/mol. The SMILES string of the molecule is NCc1c(C(=O)O)nnn1Cc1ccccc1C(F)(F)F. The van der Waals surface area contributed by atoms with Gasteiger partial charge in [-0.25, -0.2) is 9.48 Å². The molecule has 0 aliphatic carbocycles. The van der Waals surface area contributed by atoms with Gasteiger partial charge in [-0.05, 0) is 11.6 Å². The first kappa shape index (κ1) is 15.0. The smallest absolute Gasteiger partial charge is 0.416 e. The molecule has 1 aromatic heterocycles. The molecule has 9 heteroatoms. The number of halogens is 3. The van der Waals surface area contributed by atoms with Crippen LogP contribution in [-0.2, 0) is 19.3 Å². The predicted octanol–water partition coefficient (Wildman–Crippen LogP) is 1.50. The van der Waals surface area contributed by atoms with E-state index < -0.39 is 17.7 Å². The molecule has 0 fully saturated rings. The molecule has 0 saturated carbocycles. The fourth-order valence-corrected chi connectivity index (χ4v) is 1.92. The van der Waals surface area contributed by atoms with Gasteiger partial charge in [0.1, 0.15) is 0 Å². The van der Waals surface area contributed by atoms with Gasteiger partial charge in [-0.3, -0.25) is 0 Å². The number of alkyl halides is 3. The topological polar surface area (TPSA) is 94.0 Å². The van der Waals surface area contributed by atoms with E-state index in [9.17, 15) is 18.0 Å². The largest absolute Gasteiger partial charge is 0.476 e. The molecule has 0 aliphatic heterocycles. The van der Waals surface area contributed by atoms with Crippen LogP contribution >= 0.6 is 0 Å². The van der Waals surface area contributed by atoms with E-state index >= 15 is 0 Å². The van der Waals surface area contributed by atoms with E-state index in [4.69, 9.17) is 10.8 Å². The van der Waals surface area contributed by atoms with Gasteiger partial charge in [0.25, 0.3) is 0 Å². The van der Waals surface area contributed by atoms with Crippen molar-refractivity contribution in [3.63, 3.8) is 0 Å². The molecule has 2 aromatic rings. The van der Waals surface area contributed by atoms with Gasteiger partial charge in [-0.1, -0.05) is 23.4 Å². The lowest BCUT2D eigenvalue weighted by molar-refractivity contribution is -0.138. The Kier molecular flexibility index (Phi) is 3.94. The van der Waals surface area contributed by atoms with Gasteiger partial charge >= 0.3 is 12.1 Å². The summed E-state index contributed by atoms with van der Waals surface area (Å²) in [5, 5.41) is 15.9. The molecule has 0 unspecified atom stereocenters. The molecule has 6 nitrogen and oxygen atoms in total. The molecule has 0 aliphatic rings. The molecule has 0 atom stereocenters. The van der Waals surface area contributed by atoms with Crippen molar-refractivity contribution in [2.75, 3.05) is 0 Å². The molecule has 0 spiro atoms. The maximum absolute atomic E-state index is 12.9. The summed E-state index contributed by atoms with van der Waals surface area (Å²) in [6.07, 6.45) is -4.50. The third kappa shape index (κ3) is 3.02. The first-order chi connectivity index (χ1) is 9.84. The highest BCUT2D eigenvalue weighted by Gasteiger charge is 2.33. The van der Waals surface area contributed by atoms with Crippen LogP contribution in [0.3, 0.4) is 0 Å². The quantitative estimate of drug-likeness (QED) is 0.892. The van der Waals surface area contributed by atoms with Crippen molar-refractivity contribution in [2.24, 2.45) is 5.73 Å². The fraction of sp³-hybridized carbons (Fsp3) is 0.250. The average Bonchev–Trinajstić information content (AvgIpc) is 2.81. The number of hydrogen-bond donors (Lipinski definition) is 2. The third-order valence-electron chi connectivity index (χ3n) is 2.88. The van der Waals surface area contributed by atoms with Crippen molar-refractivity contribution in [3.05, 3.63) is 46.8 Å².